The number of carbonyl (C=O) groups is 2. The highest BCUT2D eigenvalue weighted by Crippen LogP contribution is 2.39. The van der Waals surface area contributed by atoms with Crippen LogP contribution in [-0.4, -0.2) is 33.1 Å². The molecule has 1 aromatic carbocycles. The van der Waals surface area contributed by atoms with Crippen molar-refractivity contribution in [3.8, 4) is 5.75 Å². The summed E-state index contributed by atoms with van der Waals surface area (Å²) < 4.78 is 7.47. The maximum atomic E-state index is 12.7. The summed E-state index contributed by atoms with van der Waals surface area (Å²) in [5.41, 5.74) is 1.11. The van der Waals surface area contributed by atoms with Gasteiger partial charge in [-0.15, -0.1) is 0 Å². The lowest BCUT2D eigenvalue weighted by Gasteiger charge is -2.19. The lowest BCUT2D eigenvalue weighted by Crippen LogP contribution is -2.25. The van der Waals surface area contributed by atoms with E-state index in [-0.39, 0.29) is 23.5 Å². The Hall–Kier alpha value is -2.28. The zero-order valence-electron chi connectivity index (χ0n) is 13.2. The molecule has 1 aromatic heterocycles. The van der Waals surface area contributed by atoms with Gasteiger partial charge in [-0.3, -0.25) is 9.59 Å². The van der Waals surface area contributed by atoms with Gasteiger partial charge in [-0.2, -0.15) is 0 Å². The molecule has 124 valence electrons. The predicted molar refractivity (Wildman–Crippen MR) is 90.7 cm³/mol. The van der Waals surface area contributed by atoms with Gasteiger partial charge in [-0.1, -0.05) is 11.8 Å². The topological polar surface area (TPSA) is 73.2 Å². The number of imidazole rings is 1. The van der Waals surface area contributed by atoms with E-state index in [1.54, 1.807) is 24.4 Å². The van der Waals surface area contributed by atoms with E-state index in [1.165, 1.54) is 24.6 Å². The second-order valence-corrected chi connectivity index (χ2v) is 7.33. The number of amides is 1. The highest BCUT2D eigenvalue weighted by atomic mass is 32.2. The summed E-state index contributed by atoms with van der Waals surface area (Å²) in [6.45, 7) is 1.89. The molecule has 1 atom stereocenters. The predicted octanol–water partition coefficient (Wildman–Crippen LogP) is 2.91. The molecule has 4 rings (SSSR count). The van der Waals surface area contributed by atoms with Crippen molar-refractivity contribution in [2.75, 3.05) is 11.9 Å². The second kappa shape index (κ2) is 5.98. The van der Waals surface area contributed by atoms with Crippen LogP contribution >= 0.6 is 11.8 Å². The number of aromatic nitrogens is 2. The molecule has 6 nitrogen and oxygen atoms in total. The molecular formula is C17H17N3O3S. The van der Waals surface area contributed by atoms with Crippen LogP contribution in [0.1, 0.15) is 36.2 Å². The largest absolute Gasteiger partial charge is 0.482 e. The average molecular weight is 343 g/mol. The third kappa shape index (κ3) is 2.91. The van der Waals surface area contributed by atoms with E-state index >= 15 is 0 Å². The molecule has 24 heavy (non-hydrogen) atoms. The van der Waals surface area contributed by atoms with Gasteiger partial charge in [0.25, 0.3) is 5.91 Å². The molecule has 0 bridgehead atoms. The van der Waals surface area contributed by atoms with Gasteiger partial charge in [0.15, 0.2) is 17.5 Å². The fourth-order valence-electron chi connectivity index (χ4n) is 2.70. The van der Waals surface area contributed by atoms with Crippen LogP contribution in [0.5, 0.6) is 5.75 Å². The molecule has 1 amide bonds. The molecule has 2 aromatic rings. The Labute approximate surface area is 143 Å². The van der Waals surface area contributed by atoms with Crippen LogP contribution in [0.25, 0.3) is 0 Å². The first-order valence-electron chi connectivity index (χ1n) is 7.92. The van der Waals surface area contributed by atoms with E-state index < -0.39 is 0 Å². The van der Waals surface area contributed by atoms with Crippen molar-refractivity contribution in [2.24, 2.45) is 0 Å². The number of Topliss-reactive ketones (excluding diaryl/α,β-unsaturated/α-hetero) is 1. The first kappa shape index (κ1) is 15.3. The van der Waals surface area contributed by atoms with Crippen LogP contribution in [0.3, 0.4) is 0 Å². The molecule has 1 saturated carbocycles. The Kier molecular flexibility index (Phi) is 3.80. The summed E-state index contributed by atoms with van der Waals surface area (Å²) in [4.78, 5) is 28.5. The summed E-state index contributed by atoms with van der Waals surface area (Å²) in [6, 6.07) is 5.68. The van der Waals surface area contributed by atoms with Gasteiger partial charge in [0.2, 0.25) is 0 Å². The third-order valence-corrected chi connectivity index (χ3v) is 5.22. The minimum Gasteiger partial charge on any atom is -0.482 e. The lowest BCUT2D eigenvalue weighted by molar-refractivity contribution is -0.118. The first-order valence-corrected chi connectivity index (χ1v) is 8.80. The van der Waals surface area contributed by atoms with Crippen LogP contribution in [0.15, 0.2) is 35.7 Å². The van der Waals surface area contributed by atoms with Crippen molar-refractivity contribution in [3.63, 3.8) is 0 Å². The Morgan fingerprint density at radius 1 is 1.46 bits per heavy atom. The summed E-state index contributed by atoms with van der Waals surface area (Å²) in [6.07, 6.45) is 6.11. The number of rotatable bonds is 5. The molecule has 0 spiro atoms. The molecule has 0 saturated heterocycles. The molecule has 1 N–H and O–H groups in total. The van der Waals surface area contributed by atoms with Crippen LogP contribution in [0, 0.1) is 0 Å². The van der Waals surface area contributed by atoms with E-state index in [4.69, 9.17) is 4.74 Å². The minimum absolute atomic E-state index is 0.00738. The SMILES string of the molecule is C[C@H](Sc1nccn1C1CC1)C(=O)c1ccc2c(c1)NC(=O)CO2. The van der Waals surface area contributed by atoms with Gasteiger partial charge in [-0.05, 0) is 38.0 Å². The maximum absolute atomic E-state index is 12.7. The van der Waals surface area contributed by atoms with E-state index in [2.05, 4.69) is 14.9 Å². The Bertz CT molecular complexity index is 813. The third-order valence-electron chi connectivity index (χ3n) is 4.12. The number of hydrogen-bond acceptors (Lipinski definition) is 5. The molecule has 7 heteroatoms. The Morgan fingerprint density at radius 3 is 3.08 bits per heavy atom. The van der Waals surface area contributed by atoms with Gasteiger partial charge >= 0.3 is 0 Å². The Balaban J connectivity index is 1.51. The van der Waals surface area contributed by atoms with Gasteiger partial charge in [0.05, 0.1) is 10.9 Å². The average Bonchev–Trinajstić information content (AvgIpc) is 3.33. The van der Waals surface area contributed by atoms with Gasteiger partial charge in [-0.25, -0.2) is 4.98 Å². The van der Waals surface area contributed by atoms with Gasteiger partial charge in [0.1, 0.15) is 5.75 Å². The second-order valence-electron chi connectivity index (χ2n) is 6.02. The smallest absolute Gasteiger partial charge is 0.262 e. The number of anilines is 1. The summed E-state index contributed by atoms with van der Waals surface area (Å²) in [5, 5.41) is 3.35. The number of hydrogen-bond donors (Lipinski definition) is 1. The normalized spacial score (nSPS) is 17.6. The zero-order chi connectivity index (χ0) is 16.7. The fourth-order valence-corrected chi connectivity index (χ4v) is 3.72. The number of fused-ring (bicyclic) bond motifs is 1. The van der Waals surface area contributed by atoms with Gasteiger partial charge < -0.3 is 14.6 Å². The highest BCUT2D eigenvalue weighted by Gasteiger charge is 2.28. The van der Waals surface area contributed by atoms with Crippen molar-refractivity contribution in [2.45, 2.75) is 36.2 Å². The standard InChI is InChI=1S/C17H17N3O3S/c1-10(24-17-18-6-7-20(17)12-3-4-12)16(22)11-2-5-14-13(8-11)19-15(21)9-23-14/h2,5-8,10,12H,3-4,9H2,1H3,(H,19,21)/t10-/m0/s1. The number of thioether (sulfide) groups is 1. The monoisotopic (exact) mass is 343 g/mol. The molecule has 1 aliphatic heterocycles. The van der Waals surface area contributed by atoms with Crippen LogP contribution in [0.4, 0.5) is 5.69 Å². The van der Waals surface area contributed by atoms with E-state index in [0.29, 0.717) is 23.0 Å². The van der Waals surface area contributed by atoms with Crippen LogP contribution in [-0.2, 0) is 4.79 Å². The van der Waals surface area contributed by atoms with Crippen molar-refractivity contribution in [1.82, 2.24) is 9.55 Å². The van der Waals surface area contributed by atoms with Crippen molar-refractivity contribution in [3.05, 3.63) is 36.2 Å². The summed E-state index contributed by atoms with van der Waals surface area (Å²) in [5.74, 6) is 0.393. The fraction of sp³-hybridized carbons (Fsp3) is 0.353. The quantitative estimate of drug-likeness (QED) is 0.667. The molecule has 1 fully saturated rings. The number of ether oxygens (including phenoxy) is 1. The van der Waals surface area contributed by atoms with Crippen molar-refractivity contribution >= 4 is 29.1 Å². The number of carbonyl (C=O) groups excluding carboxylic acids is 2. The number of nitrogens with zero attached hydrogens (tertiary/aromatic N) is 2. The number of nitrogens with one attached hydrogen (secondary N) is 1. The van der Waals surface area contributed by atoms with Crippen molar-refractivity contribution < 1.29 is 14.3 Å². The molecule has 2 aliphatic rings. The zero-order valence-corrected chi connectivity index (χ0v) is 14.0. The number of benzene rings is 1. The maximum Gasteiger partial charge on any atom is 0.262 e. The van der Waals surface area contributed by atoms with Gasteiger partial charge in [0, 0.05) is 24.0 Å². The van der Waals surface area contributed by atoms with E-state index in [1.807, 2.05) is 13.1 Å². The molecule has 0 unspecified atom stereocenters. The Morgan fingerprint density at radius 2 is 2.29 bits per heavy atom. The van der Waals surface area contributed by atoms with E-state index in [0.717, 1.165) is 5.16 Å². The summed E-state index contributed by atoms with van der Waals surface area (Å²) >= 11 is 1.47. The molecule has 2 heterocycles. The van der Waals surface area contributed by atoms with Crippen molar-refractivity contribution in [1.29, 1.82) is 0 Å². The lowest BCUT2D eigenvalue weighted by atomic mass is 10.1. The minimum atomic E-state index is -0.261. The molecule has 0 radical (unpaired) electrons. The highest BCUT2D eigenvalue weighted by molar-refractivity contribution is 8.00. The first-order chi connectivity index (χ1) is 11.6. The molecular weight excluding hydrogens is 326 g/mol. The number of ketones is 1. The van der Waals surface area contributed by atoms with Crippen LogP contribution in [0.2, 0.25) is 0 Å². The van der Waals surface area contributed by atoms with E-state index in [9.17, 15) is 9.59 Å². The van der Waals surface area contributed by atoms with Crippen LogP contribution < -0.4 is 10.1 Å². The molecule has 1 aliphatic carbocycles. The summed E-state index contributed by atoms with van der Waals surface area (Å²) in [7, 11) is 0.